The number of aromatic nitrogens is 2. The molecule has 0 unspecified atom stereocenters. The molecule has 1 aromatic heterocycles. The number of benzene rings is 2. The lowest BCUT2D eigenvalue weighted by Gasteiger charge is -2.13. The molecule has 0 fully saturated rings. The molecular formula is C21H17F3N6O3. The molecule has 170 valence electrons. The highest BCUT2D eigenvalue weighted by molar-refractivity contribution is 5.92. The number of carbonyl (C=O) groups is 1. The highest BCUT2D eigenvalue weighted by Gasteiger charge is 2.30. The van der Waals surface area contributed by atoms with Crippen molar-refractivity contribution in [3.63, 3.8) is 0 Å². The zero-order valence-corrected chi connectivity index (χ0v) is 17.1. The van der Waals surface area contributed by atoms with Crippen LogP contribution in [0.2, 0.25) is 0 Å². The monoisotopic (exact) mass is 458 g/mol. The van der Waals surface area contributed by atoms with Gasteiger partial charge in [0.25, 0.3) is 5.91 Å². The van der Waals surface area contributed by atoms with E-state index in [1.54, 1.807) is 6.07 Å². The van der Waals surface area contributed by atoms with Crippen molar-refractivity contribution in [1.82, 2.24) is 9.97 Å². The highest BCUT2D eigenvalue weighted by atomic mass is 19.4. The largest absolute Gasteiger partial charge is 0.493 e. The number of nitriles is 1. The number of nitrogens with two attached hydrogens (primary N) is 2. The molecule has 0 atom stereocenters. The molecule has 0 radical (unpaired) electrons. The minimum Gasteiger partial charge on any atom is -0.493 e. The first-order valence-electron chi connectivity index (χ1n) is 9.23. The molecule has 0 spiro atoms. The van der Waals surface area contributed by atoms with Crippen LogP contribution in [-0.4, -0.2) is 29.6 Å². The molecule has 0 aliphatic rings. The van der Waals surface area contributed by atoms with E-state index in [0.29, 0.717) is 5.56 Å². The maximum atomic E-state index is 12.8. The second-order valence-electron chi connectivity index (χ2n) is 6.58. The van der Waals surface area contributed by atoms with Gasteiger partial charge in [-0.25, -0.2) is 4.98 Å². The summed E-state index contributed by atoms with van der Waals surface area (Å²) in [6.07, 6.45) is -4.53. The standard InChI is InChI=1S/C21H17F3N6O3/c1-32-16-7-11(18-14(9-25)19(26)30-20(27)29-18)5-6-15(16)33-10-17(31)28-13-4-2-3-12(8-13)21(22,23)24/h2-8H,10H2,1H3,(H,28,31)(H4,26,27,29,30). The molecule has 9 nitrogen and oxygen atoms in total. The van der Waals surface area contributed by atoms with Crippen LogP contribution in [0.15, 0.2) is 42.5 Å². The lowest BCUT2D eigenvalue weighted by Crippen LogP contribution is -2.20. The third kappa shape index (κ3) is 5.40. The molecular weight excluding hydrogens is 441 g/mol. The molecule has 2 aromatic carbocycles. The van der Waals surface area contributed by atoms with Gasteiger partial charge in [0, 0.05) is 11.3 Å². The Labute approximate surface area is 185 Å². The zero-order chi connectivity index (χ0) is 24.2. The summed E-state index contributed by atoms with van der Waals surface area (Å²) in [5.41, 5.74) is 11.1. The average molecular weight is 458 g/mol. The third-order valence-electron chi connectivity index (χ3n) is 4.34. The number of nitrogen functional groups attached to an aromatic ring is 2. The Kier molecular flexibility index (Phi) is 6.53. The van der Waals surface area contributed by atoms with Gasteiger partial charge in [0.15, 0.2) is 18.1 Å². The van der Waals surface area contributed by atoms with Crippen LogP contribution in [0.4, 0.5) is 30.6 Å². The van der Waals surface area contributed by atoms with Gasteiger partial charge < -0.3 is 26.3 Å². The van der Waals surface area contributed by atoms with Crippen LogP contribution < -0.4 is 26.3 Å². The van der Waals surface area contributed by atoms with Crippen molar-refractivity contribution in [2.24, 2.45) is 0 Å². The third-order valence-corrected chi connectivity index (χ3v) is 4.34. The Bertz CT molecular complexity index is 1240. The predicted molar refractivity (Wildman–Crippen MR) is 113 cm³/mol. The number of hydrogen-bond donors (Lipinski definition) is 3. The van der Waals surface area contributed by atoms with E-state index in [1.165, 1.54) is 31.4 Å². The van der Waals surface area contributed by atoms with Crippen molar-refractivity contribution in [1.29, 1.82) is 5.26 Å². The lowest BCUT2D eigenvalue weighted by atomic mass is 10.1. The van der Waals surface area contributed by atoms with Gasteiger partial charge in [-0.3, -0.25) is 4.79 Å². The van der Waals surface area contributed by atoms with E-state index >= 15 is 0 Å². The Balaban J connectivity index is 1.76. The minimum absolute atomic E-state index is 0.0243. The maximum absolute atomic E-state index is 12.8. The molecule has 1 heterocycles. The smallest absolute Gasteiger partial charge is 0.416 e. The number of amides is 1. The van der Waals surface area contributed by atoms with E-state index in [1.807, 2.05) is 6.07 Å². The number of methoxy groups -OCH3 is 1. The summed E-state index contributed by atoms with van der Waals surface area (Å²) < 4.78 is 49.2. The van der Waals surface area contributed by atoms with Crippen molar-refractivity contribution in [3.05, 3.63) is 53.6 Å². The molecule has 5 N–H and O–H groups in total. The highest BCUT2D eigenvalue weighted by Crippen LogP contribution is 2.34. The van der Waals surface area contributed by atoms with Crippen molar-refractivity contribution >= 4 is 23.4 Å². The first-order chi connectivity index (χ1) is 15.6. The first kappa shape index (κ1) is 23.1. The number of anilines is 3. The Hall–Kier alpha value is -4.53. The summed E-state index contributed by atoms with van der Waals surface area (Å²) in [4.78, 5) is 20.0. The normalized spacial score (nSPS) is 10.9. The quantitative estimate of drug-likeness (QED) is 0.510. The summed E-state index contributed by atoms with van der Waals surface area (Å²) in [6, 6.07) is 10.7. The van der Waals surface area contributed by atoms with Crippen LogP contribution in [0.1, 0.15) is 11.1 Å². The number of alkyl halides is 3. The van der Waals surface area contributed by atoms with E-state index in [4.69, 9.17) is 20.9 Å². The fourth-order valence-electron chi connectivity index (χ4n) is 2.86. The number of halogens is 3. The van der Waals surface area contributed by atoms with E-state index < -0.39 is 24.3 Å². The van der Waals surface area contributed by atoms with Crippen molar-refractivity contribution in [3.8, 4) is 28.8 Å². The van der Waals surface area contributed by atoms with E-state index in [-0.39, 0.29) is 40.2 Å². The molecule has 33 heavy (non-hydrogen) atoms. The van der Waals surface area contributed by atoms with Crippen molar-refractivity contribution in [2.75, 3.05) is 30.5 Å². The molecule has 0 bridgehead atoms. The second kappa shape index (κ2) is 9.31. The van der Waals surface area contributed by atoms with Crippen LogP contribution in [-0.2, 0) is 11.0 Å². The van der Waals surface area contributed by atoms with E-state index in [2.05, 4.69) is 15.3 Å². The Morgan fingerprint density at radius 1 is 1.15 bits per heavy atom. The number of nitrogens with one attached hydrogen (secondary N) is 1. The van der Waals surface area contributed by atoms with E-state index in [9.17, 15) is 23.2 Å². The molecule has 1 amide bonds. The van der Waals surface area contributed by atoms with Gasteiger partial charge in [0.2, 0.25) is 5.95 Å². The molecule has 0 saturated heterocycles. The van der Waals surface area contributed by atoms with Gasteiger partial charge in [-0.15, -0.1) is 0 Å². The van der Waals surface area contributed by atoms with Crippen LogP contribution in [0.5, 0.6) is 11.5 Å². The molecule has 3 rings (SSSR count). The van der Waals surface area contributed by atoms with Gasteiger partial charge in [0.05, 0.1) is 18.4 Å². The molecule has 0 aliphatic heterocycles. The summed E-state index contributed by atoms with van der Waals surface area (Å²) in [6.45, 7) is -0.497. The van der Waals surface area contributed by atoms with Gasteiger partial charge in [-0.2, -0.15) is 23.4 Å². The minimum atomic E-state index is -4.53. The van der Waals surface area contributed by atoms with E-state index in [0.717, 1.165) is 12.1 Å². The fourth-order valence-corrected chi connectivity index (χ4v) is 2.86. The SMILES string of the molecule is COc1cc(-c2nc(N)nc(N)c2C#N)ccc1OCC(=O)Nc1cccc(C(F)(F)F)c1. The zero-order valence-electron chi connectivity index (χ0n) is 17.1. The number of ether oxygens (including phenoxy) is 2. The van der Waals surface area contributed by atoms with Gasteiger partial charge in [0.1, 0.15) is 17.5 Å². The van der Waals surface area contributed by atoms with Crippen LogP contribution >= 0.6 is 0 Å². The van der Waals surface area contributed by atoms with Crippen LogP contribution in [0, 0.1) is 11.3 Å². The van der Waals surface area contributed by atoms with Crippen LogP contribution in [0.3, 0.4) is 0 Å². The summed E-state index contributed by atoms with van der Waals surface area (Å²) in [5, 5.41) is 11.7. The first-order valence-corrected chi connectivity index (χ1v) is 9.23. The molecule has 0 aliphatic carbocycles. The lowest BCUT2D eigenvalue weighted by molar-refractivity contribution is -0.137. The number of carbonyl (C=O) groups excluding carboxylic acids is 1. The topological polar surface area (TPSA) is 149 Å². The van der Waals surface area contributed by atoms with Crippen molar-refractivity contribution < 1.29 is 27.4 Å². The number of nitrogens with zero attached hydrogens (tertiary/aromatic N) is 3. The second-order valence-corrected chi connectivity index (χ2v) is 6.58. The Morgan fingerprint density at radius 2 is 1.91 bits per heavy atom. The van der Waals surface area contributed by atoms with Crippen LogP contribution in [0.25, 0.3) is 11.3 Å². The summed E-state index contributed by atoms with van der Waals surface area (Å²) >= 11 is 0. The van der Waals surface area contributed by atoms with Crippen molar-refractivity contribution in [2.45, 2.75) is 6.18 Å². The van der Waals surface area contributed by atoms with Gasteiger partial charge in [-0.1, -0.05) is 6.07 Å². The summed E-state index contributed by atoms with van der Waals surface area (Å²) in [7, 11) is 1.36. The molecule has 0 saturated carbocycles. The maximum Gasteiger partial charge on any atom is 0.416 e. The fraction of sp³-hybridized carbons (Fsp3) is 0.143. The summed E-state index contributed by atoms with van der Waals surface area (Å²) in [5.74, 6) is -0.492. The molecule has 3 aromatic rings. The predicted octanol–water partition coefficient (Wildman–Crippen LogP) is 3.22. The van der Waals surface area contributed by atoms with Gasteiger partial charge >= 0.3 is 6.18 Å². The average Bonchev–Trinajstić information content (AvgIpc) is 2.76. The number of rotatable bonds is 6. The molecule has 12 heteroatoms. The van der Waals surface area contributed by atoms with Gasteiger partial charge in [-0.05, 0) is 36.4 Å². The Morgan fingerprint density at radius 3 is 2.58 bits per heavy atom. The number of hydrogen-bond acceptors (Lipinski definition) is 8.